The van der Waals surface area contributed by atoms with Crippen molar-refractivity contribution in [2.24, 2.45) is 5.92 Å². The van der Waals surface area contributed by atoms with Gasteiger partial charge < -0.3 is 9.80 Å². The van der Waals surface area contributed by atoms with Crippen molar-refractivity contribution in [3.63, 3.8) is 0 Å². The molecule has 0 N–H and O–H groups in total. The highest BCUT2D eigenvalue weighted by molar-refractivity contribution is 7.98. The predicted molar refractivity (Wildman–Crippen MR) is 83.4 cm³/mol. The smallest absolute Gasteiger partial charge is 0.226 e. The third-order valence-electron chi connectivity index (χ3n) is 3.37. The lowest BCUT2D eigenvalue weighted by molar-refractivity contribution is -0.134. The number of nitrogens with zero attached hydrogens (tertiary/aromatic N) is 4. The van der Waals surface area contributed by atoms with E-state index in [-0.39, 0.29) is 11.8 Å². The number of amides is 1. The van der Waals surface area contributed by atoms with Gasteiger partial charge >= 0.3 is 0 Å². The number of carbonyl (C=O) groups is 1. The molecule has 1 aromatic rings. The van der Waals surface area contributed by atoms with Crippen LogP contribution in [0.5, 0.6) is 0 Å². The number of carbonyl (C=O) groups excluding carboxylic acids is 1. The highest BCUT2D eigenvalue weighted by Crippen LogP contribution is 2.17. The van der Waals surface area contributed by atoms with Crippen LogP contribution in [0.1, 0.15) is 6.92 Å². The Morgan fingerprint density at radius 2 is 2.10 bits per heavy atom. The lowest BCUT2D eigenvalue weighted by atomic mass is 10.1. The molecule has 110 valence electrons. The van der Waals surface area contributed by atoms with E-state index < -0.39 is 0 Å². The average Bonchev–Trinajstić information content (AvgIpc) is 2.47. The quantitative estimate of drug-likeness (QED) is 0.793. The summed E-state index contributed by atoms with van der Waals surface area (Å²) in [6.45, 7) is 5.03. The molecular weight excluding hydrogens is 296 g/mol. The minimum Gasteiger partial charge on any atom is -0.353 e. The van der Waals surface area contributed by atoms with E-state index in [1.807, 2.05) is 18.1 Å². The lowest BCUT2D eigenvalue weighted by Crippen LogP contribution is -2.50. The van der Waals surface area contributed by atoms with Crippen LogP contribution in [0.2, 0.25) is 5.15 Å². The van der Waals surface area contributed by atoms with E-state index in [9.17, 15) is 4.79 Å². The molecule has 1 atom stereocenters. The number of hydrogen-bond donors (Lipinski definition) is 0. The highest BCUT2D eigenvalue weighted by atomic mass is 35.5. The first kappa shape index (κ1) is 15.4. The molecule has 5 nitrogen and oxygen atoms in total. The van der Waals surface area contributed by atoms with Gasteiger partial charge in [-0.15, -0.1) is 0 Å². The molecule has 1 aliphatic heterocycles. The molecule has 0 saturated carbocycles. The Morgan fingerprint density at radius 3 is 2.70 bits per heavy atom. The minimum absolute atomic E-state index is 0.0880. The van der Waals surface area contributed by atoms with Crippen LogP contribution in [-0.4, -0.2) is 59.0 Å². The van der Waals surface area contributed by atoms with Crippen LogP contribution in [-0.2, 0) is 4.79 Å². The molecule has 1 aliphatic rings. The molecule has 0 radical (unpaired) electrons. The molecule has 0 bridgehead atoms. The van der Waals surface area contributed by atoms with Gasteiger partial charge in [-0.25, -0.2) is 9.97 Å². The van der Waals surface area contributed by atoms with Gasteiger partial charge in [0.2, 0.25) is 5.91 Å². The molecule has 2 rings (SSSR count). The number of piperazine rings is 1. The topological polar surface area (TPSA) is 49.3 Å². The van der Waals surface area contributed by atoms with Crippen LogP contribution in [0.4, 0.5) is 5.82 Å². The maximum absolute atomic E-state index is 12.2. The van der Waals surface area contributed by atoms with Crippen LogP contribution < -0.4 is 4.90 Å². The fourth-order valence-corrected chi connectivity index (χ4v) is 3.07. The Labute approximate surface area is 128 Å². The van der Waals surface area contributed by atoms with Crippen LogP contribution >= 0.6 is 23.4 Å². The summed E-state index contributed by atoms with van der Waals surface area (Å²) in [7, 11) is 0. The van der Waals surface area contributed by atoms with Crippen molar-refractivity contribution in [2.75, 3.05) is 43.1 Å². The van der Waals surface area contributed by atoms with E-state index in [2.05, 4.69) is 14.9 Å². The van der Waals surface area contributed by atoms with Crippen molar-refractivity contribution in [3.8, 4) is 0 Å². The second-order valence-electron chi connectivity index (χ2n) is 4.87. The van der Waals surface area contributed by atoms with Gasteiger partial charge in [0.05, 0.1) is 0 Å². The first-order chi connectivity index (χ1) is 9.61. The SMILES string of the molecule is CSC[C@@H](C)C(=O)N1CCN(c2cc(Cl)ncn2)CC1. The van der Waals surface area contributed by atoms with E-state index >= 15 is 0 Å². The van der Waals surface area contributed by atoms with Gasteiger partial charge in [-0.3, -0.25) is 4.79 Å². The zero-order chi connectivity index (χ0) is 14.5. The van der Waals surface area contributed by atoms with Gasteiger partial charge in [-0.2, -0.15) is 11.8 Å². The first-order valence-electron chi connectivity index (χ1n) is 6.62. The minimum atomic E-state index is 0.0880. The third kappa shape index (κ3) is 3.76. The van der Waals surface area contributed by atoms with E-state index in [0.29, 0.717) is 5.15 Å². The fraction of sp³-hybridized carbons (Fsp3) is 0.615. The Morgan fingerprint density at radius 1 is 1.40 bits per heavy atom. The molecule has 0 aliphatic carbocycles. The molecule has 0 spiro atoms. The second kappa shape index (κ2) is 7.13. The zero-order valence-corrected chi connectivity index (χ0v) is 13.3. The van der Waals surface area contributed by atoms with Crippen molar-refractivity contribution in [1.29, 1.82) is 0 Å². The van der Waals surface area contributed by atoms with Gasteiger partial charge in [0.1, 0.15) is 17.3 Å². The molecule has 1 amide bonds. The van der Waals surface area contributed by atoms with Gasteiger partial charge in [-0.1, -0.05) is 18.5 Å². The van der Waals surface area contributed by atoms with Crippen LogP contribution in [0.3, 0.4) is 0 Å². The molecule has 0 unspecified atom stereocenters. The van der Waals surface area contributed by atoms with Gasteiger partial charge in [0, 0.05) is 43.9 Å². The van der Waals surface area contributed by atoms with Crippen molar-refractivity contribution in [2.45, 2.75) is 6.92 Å². The Hall–Kier alpha value is -1.01. The number of anilines is 1. The van der Waals surface area contributed by atoms with Gasteiger partial charge in [0.15, 0.2) is 0 Å². The van der Waals surface area contributed by atoms with Crippen LogP contribution in [0.15, 0.2) is 12.4 Å². The predicted octanol–water partition coefficient (Wildman–Crippen LogP) is 1.78. The number of halogens is 1. The summed E-state index contributed by atoms with van der Waals surface area (Å²) >= 11 is 7.59. The molecule has 2 heterocycles. The number of rotatable bonds is 4. The number of hydrogen-bond acceptors (Lipinski definition) is 5. The summed E-state index contributed by atoms with van der Waals surface area (Å²) in [6, 6.07) is 1.76. The molecule has 20 heavy (non-hydrogen) atoms. The Kier molecular flexibility index (Phi) is 5.48. The van der Waals surface area contributed by atoms with E-state index in [1.54, 1.807) is 17.8 Å². The van der Waals surface area contributed by atoms with Gasteiger partial charge in [0.25, 0.3) is 0 Å². The van der Waals surface area contributed by atoms with E-state index in [0.717, 1.165) is 37.7 Å². The molecule has 7 heteroatoms. The summed E-state index contributed by atoms with van der Waals surface area (Å²) < 4.78 is 0. The number of aromatic nitrogens is 2. The molecule has 1 aromatic heterocycles. The Balaban J connectivity index is 1.91. The molecule has 1 saturated heterocycles. The Bertz CT molecular complexity index is 465. The van der Waals surface area contributed by atoms with Crippen molar-refractivity contribution < 1.29 is 4.79 Å². The summed E-state index contributed by atoms with van der Waals surface area (Å²) in [6.07, 6.45) is 3.50. The largest absolute Gasteiger partial charge is 0.353 e. The summed E-state index contributed by atoms with van der Waals surface area (Å²) in [5, 5.41) is 0.446. The molecular formula is C13H19ClN4OS. The van der Waals surface area contributed by atoms with Crippen LogP contribution in [0.25, 0.3) is 0 Å². The van der Waals surface area contributed by atoms with Crippen LogP contribution in [0, 0.1) is 5.92 Å². The molecule has 1 fully saturated rings. The summed E-state index contributed by atoms with van der Waals surface area (Å²) in [5.74, 6) is 2.04. The normalized spacial score (nSPS) is 17.1. The van der Waals surface area contributed by atoms with Crippen molar-refractivity contribution >= 4 is 35.1 Å². The lowest BCUT2D eigenvalue weighted by Gasteiger charge is -2.36. The monoisotopic (exact) mass is 314 g/mol. The second-order valence-corrected chi connectivity index (χ2v) is 6.17. The maximum Gasteiger partial charge on any atom is 0.226 e. The summed E-state index contributed by atoms with van der Waals surface area (Å²) in [4.78, 5) is 24.4. The van der Waals surface area contributed by atoms with Crippen molar-refractivity contribution in [1.82, 2.24) is 14.9 Å². The van der Waals surface area contributed by atoms with Crippen molar-refractivity contribution in [3.05, 3.63) is 17.5 Å². The average molecular weight is 315 g/mol. The zero-order valence-electron chi connectivity index (χ0n) is 11.8. The fourth-order valence-electron chi connectivity index (χ4n) is 2.29. The maximum atomic E-state index is 12.2. The van der Waals surface area contributed by atoms with Gasteiger partial charge in [-0.05, 0) is 6.26 Å². The number of thioether (sulfide) groups is 1. The standard InChI is InChI=1S/C13H19ClN4OS/c1-10(8-20-2)13(19)18-5-3-17(4-6-18)12-7-11(14)15-9-16-12/h7,9-10H,3-6,8H2,1-2H3/t10-/m1/s1. The summed E-state index contributed by atoms with van der Waals surface area (Å²) in [5.41, 5.74) is 0. The first-order valence-corrected chi connectivity index (χ1v) is 8.39. The molecule has 0 aromatic carbocycles. The highest BCUT2D eigenvalue weighted by Gasteiger charge is 2.25. The van der Waals surface area contributed by atoms with E-state index in [1.165, 1.54) is 6.33 Å². The third-order valence-corrected chi connectivity index (χ3v) is 4.41. The van der Waals surface area contributed by atoms with E-state index in [4.69, 9.17) is 11.6 Å².